The number of anilines is 1. The number of nitrogens with one attached hydrogen (secondary N) is 2. The smallest absolute Gasteiger partial charge is 0.251 e. The van der Waals surface area contributed by atoms with Crippen LogP contribution in [0.25, 0.3) is 0 Å². The van der Waals surface area contributed by atoms with Gasteiger partial charge >= 0.3 is 0 Å². The highest BCUT2D eigenvalue weighted by molar-refractivity contribution is 7.99. The molecule has 8 nitrogen and oxygen atoms in total. The summed E-state index contributed by atoms with van der Waals surface area (Å²) in [5.74, 6) is 0.304. The zero-order valence-corrected chi connectivity index (χ0v) is 15.4. The summed E-state index contributed by atoms with van der Waals surface area (Å²) in [6.45, 7) is 0.421. The highest BCUT2D eigenvalue weighted by atomic mass is 35.5. The number of carbonyl (C=O) groups is 1. The molecule has 2 aromatic rings. The number of nitrogens with zero attached hydrogens (tertiary/aromatic N) is 3. The summed E-state index contributed by atoms with van der Waals surface area (Å²) in [5, 5.41) is 10.1. The molecule has 2 rings (SSSR count). The van der Waals surface area contributed by atoms with E-state index >= 15 is 0 Å². The van der Waals surface area contributed by atoms with Gasteiger partial charge in [0.2, 0.25) is 10.0 Å². The second-order valence-electron chi connectivity index (χ2n) is 4.79. The lowest BCUT2D eigenvalue weighted by molar-refractivity contribution is 0.0956. The molecule has 1 aromatic carbocycles. The van der Waals surface area contributed by atoms with Crippen molar-refractivity contribution in [1.82, 2.24) is 20.5 Å². The number of amides is 1. The fraction of sp³-hybridized carbons (Fsp3) is 0.308. The number of hydrogen-bond acceptors (Lipinski definition) is 6. The largest absolute Gasteiger partial charge is 0.351 e. The molecule has 0 aliphatic rings. The van der Waals surface area contributed by atoms with Crippen LogP contribution in [-0.4, -0.2) is 55.1 Å². The maximum absolute atomic E-state index is 12.2. The van der Waals surface area contributed by atoms with Gasteiger partial charge in [-0.05, 0) is 18.2 Å². The number of thioether (sulfide) groups is 1. The number of carbonyl (C=O) groups excluding carboxylic acids is 1. The highest BCUT2D eigenvalue weighted by Crippen LogP contribution is 2.27. The van der Waals surface area contributed by atoms with Crippen LogP contribution in [0.1, 0.15) is 10.4 Å². The van der Waals surface area contributed by atoms with Crippen LogP contribution in [0.3, 0.4) is 0 Å². The third-order valence-electron chi connectivity index (χ3n) is 3.06. The average molecular weight is 390 g/mol. The van der Waals surface area contributed by atoms with Crippen LogP contribution in [0.5, 0.6) is 0 Å². The van der Waals surface area contributed by atoms with Crippen LogP contribution in [0.15, 0.2) is 29.7 Å². The summed E-state index contributed by atoms with van der Waals surface area (Å²) >= 11 is 7.45. The molecule has 1 aromatic heterocycles. The molecular formula is C13H16ClN5O3S2. The Bertz CT molecular complexity index is 811. The van der Waals surface area contributed by atoms with Crippen molar-refractivity contribution in [3.05, 3.63) is 35.1 Å². The molecule has 0 bridgehead atoms. The number of aromatic nitrogens is 3. The van der Waals surface area contributed by atoms with Crippen LogP contribution >= 0.6 is 23.4 Å². The SMILES string of the molecule is CN(c1cc(C(=O)NCCSc2ncn[nH]2)ccc1Cl)S(C)(=O)=O. The number of H-pyrrole nitrogens is 1. The molecule has 130 valence electrons. The summed E-state index contributed by atoms with van der Waals surface area (Å²) in [4.78, 5) is 16.1. The van der Waals surface area contributed by atoms with E-state index in [1.165, 1.54) is 37.3 Å². The Balaban J connectivity index is 1.99. The molecule has 2 N–H and O–H groups in total. The maximum Gasteiger partial charge on any atom is 0.251 e. The Kier molecular flexibility index (Phi) is 6.08. The monoisotopic (exact) mass is 389 g/mol. The molecule has 1 heterocycles. The van der Waals surface area contributed by atoms with E-state index in [4.69, 9.17) is 11.6 Å². The van der Waals surface area contributed by atoms with E-state index in [1.807, 2.05) is 0 Å². The second-order valence-corrected chi connectivity index (χ2v) is 8.30. The first-order valence-electron chi connectivity index (χ1n) is 6.79. The summed E-state index contributed by atoms with van der Waals surface area (Å²) < 4.78 is 24.3. The average Bonchev–Trinajstić information content (AvgIpc) is 3.03. The van der Waals surface area contributed by atoms with Gasteiger partial charge in [0.25, 0.3) is 5.91 Å². The molecule has 0 aliphatic heterocycles. The van der Waals surface area contributed by atoms with Crippen molar-refractivity contribution in [2.24, 2.45) is 0 Å². The minimum atomic E-state index is -3.47. The molecule has 0 unspecified atom stereocenters. The Morgan fingerprint density at radius 2 is 2.21 bits per heavy atom. The maximum atomic E-state index is 12.2. The minimum absolute atomic E-state index is 0.250. The van der Waals surface area contributed by atoms with E-state index in [1.54, 1.807) is 6.07 Å². The van der Waals surface area contributed by atoms with Gasteiger partial charge in [0, 0.05) is 24.9 Å². The fourth-order valence-corrected chi connectivity index (χ4v) is 3.19. The molecule has 0 atom stereocenters. The Labute approximate surface area is 149 Å². The van der Waals surface area contributed by atoms with E-state index in [-0.39, 0.29) is 16.6 Å². The van der Waals surface area contributed by atoms with E-state index in [0.717, 1.165) is 10.6 Å². The molecule has 0 aliphatic carbocycles. The van der Waals surface area contributed by atoms with Crippen molar-refractivity contribution in [3.63, 3.8) is 0 Å². The summed E-state index contributed by atoms with van der Waals surface area (Å²) in [5.41, 5.74) is 0.581. The zero-order valence-electron chi connectivity index (χ0n) is 13.0. The predicted octanol–water partition coefficient (Wildman–Crippen LogP) is 1.38. The third kappa shape index (κ3) is 4.86. The summed E-state index contributed by atoms with van der Waals surface area (Å²) in [7, 11) is -2.09. The summed E-state index contributed by atoms with van der Waals surface area (Å²) in [6, 6.07) is 4.49. The number of hydrogen-bond donors (Lipinski definition) is 2. The van der Waals surface area contributed by atoms with Gasteiger partial charge < -0.3 is 5.32 Å². The molecule has 11 heteroatoms. The quantitative estimate of drug-likeness (QED) is 0.547. The van der Waals surface area contributed by atoms with Crippen LogP contribution in [-0.2, 0) is 10.0 Å². The second kappa shape index (κ2) is 7.86. The zero-order chi connectivity index (χ0) is 17.7. The van der Waals surface area contributed by atoms with Gasteiger partial charge in [-0.15, -0.1) is 0 Å². The van der Waals surface area contributed by atoms with Crippen molar-refractivity contribution >= 4 is 45.0 Å². The molecule has 24 heavy (non-hydrogen) atoms. The van der Waals surface area contributed by atoms with Gasteiger partial charge in [0.05, 0.1) is 17.0 Å². The van der Waals surface area contributed by atoms with Gasteiger partial charge in [0.15, 0.2) is 5.16 Å². The number of benzene rings is 1. The van der Waals surface area contributed by atoms with Crippen molar-refractivity contribution in [1.29, 1.82) is 0 Å². The van der Waals surface area contributed by atoms with Gasteiger partial charge in [-0.3, -0.25) is 14.2 Å². The Morgan fingerprint density at radius 1 is 1.46 bits per heavy atom. The summed E-state index contributed by atoms with van der Waals surface area (Å²) in [6.07, 6.45) is 2.48. The van der Waals surface area contributed by atoms with Crippen LogP contribution in [0.2, 0.25) is 5.02 Å². The van der Waals surface area contributed by atoms with E-state index in [2.05, 4.69) is 20.5 Å². The first-order valence-corrected chi connectivity index (χ1v) is 10.00. The third-order valence-corrected chi connectivity index (χ3v) is 5.45. The fourth-order valence-electron chi connectivity index (χ4n) is 1.75. The Morgan fingerprint density at radius 3 is 2.83 bits per heavy atom. The highest BCUT2D eigenvalue weighted by Gasteiger charge is 2.17. The molecule has 0 saturated heterocycles. The normalized spacial score (nSPS) is 11.3. The molecule has 0 spiro atoms. The van der Waals surface area contributed by atoms with Crippen molar-refractivity contribution in [3.8, 4) is 0 Å². The topological polar surface area (TPSA) is 108 Å². The van der Waals surface area contributed by atoms with Crippen LogP contribution in [0.4, 0.5) is 5.69 Å². The van der Waals surface area contributed by atoms with Gasteiger partial charge in [-0.1, -0.05) is 23.4 Å². The number of sulfonamides is 1. The first-order chi connectivity index (χ1) is 11.3. The van der Waals surface area contributed by atoms with Gasteiger partial charge in [-0.2, -0.15) is 5.10 Å². The molecule has 0 fully saturated rings. The van der Waals surface area contributed by atoms with Gasteiger partial charge in [0.1, 0.15) is 6.33 Å². The molecule has 1 amide bonds. The van der Waals surface area contributed by atoms with Crippen molar-refractivity contribution in [2.75, 3.05) is 29.9 Å². The number of halogens is 1. The lowest BCUT2D eigenvalue weighted by Gasteiger charge is -2.18. The molecule has 0 radical (unpaired) electrons. The molecular weight excluding hydrogens is 374 g/mol. The number of aromatic amines is 1. The predicted molar refractivity (Wildman–Crippen MR) is 94.1 cm³/mol. The van der Waals surface area contributed by atoms with Crippen molar-refractivity contribution in [2.45, 2.75) is 5.16 Å². The van der Waals surface area contributed by atoms with Crippen molar-refractivity contribution < 1.29 is 13.2 Å². The van der Waals surface area contributed by atoms with Crippen LogP contribution in [0, 0.1) is 0 Å². The van der Waals surface area contributed by atoms with E-state index in [0.29, 0.717) is 23.0 Å². The Hall–Kier alpha value is -1.78. The van der Waals surface area contributed by atoms with Crippen LogP contribution < -0.4 is 9.62 Å². The lowest BCUT2D eigenvalue weighted by atomic mass is 10.2. The standard InChI is InChI=1S/C13H16ClN5O3S2/c1-19(24(2,21)22)11-7-9(3-4-10(11)14)12(20)15-5-6-23-13-16-8-17-18-13/h3-4,7-8H,5-6H2,1-2H3,(H,15,20)(H,16,17,18). The minimum Gasteiger partial charge on any atom is -0.351 e. The number of rotatable bonds is 7. The van der Waals surface area contributed by atoms with E-state index in [9.17, 15) is 13.2 Å². The van der Waals surface area contributed by atoms with Gasteiger partial charge in [-0.25, -0.2) is 13.4 Å². The molecule has 0 saturated carbocycles. The lowest BCUT2D eigenvalue weighted by Crippen LogP contribution is -2.27. The van der Waals surface area contributed by atoms with E-state index < -0.39 is 10.0 Å². The first kappa shape index (κ1) is 18.6.